The summed E-state index contributed by atoms with van der Waals surface area (Å²) in [6.07, 6.45) is -3.01. The standard InChI is InChI=1S/C65H106N16O21S2/c1-7-15-50(88)102-26-27-104-33-46(60(96)72-39(21-22-48(84)85)53(89)71-38(18-11-12-23-66)54(90)80-52(36(6)83)64(100)101)79-61(97)47-20-14-25-81(47)63(99)40(19-13-24-70-65(68)69)73-58(94)44(31-82)77-55(91)41(28-34(2)3)74-56(92)42(29-37-16-9-8-10-17-37)75-59(95)45(32-103)78-57(93)43(30-49(86)87)76-62(98)51(67)35(4)5/h8-10,16-17,34-36,38-47,51-52,82-83,103H,7,11-15,18-33,66-67H2,1-6H3,(H,71,89)(H,72,96)(H,73,94)(H,74,92)(H,75,95)(H,76,98)(H,77,91)(H,78,93)(H,79,97)(H,80,90)(H,84,85)(H,86,87)(H,100,101)(H4,68,69,70)/t36-,38+,39+,40+,41+,42+,43+,44+,45+,46+,47+,51+,52+/m1/s1. The third kappa shape index (κ3) is 33.7. The minimum Gasteiger partial charge on any atom is -0.481 e. The molecule has 1 aromatic rings. The van der Waals surface area contributed by atoms with Crippen LogP contribution in [0, 0.1) is 11.8 Å². The van der Waals surface area contributed by atoms with E-state index in [0.717, 1.165) is 23.6 Å². The van der Waals surface area contributed by atoms with Crippen LogP contribution in [-0.2, 0) is 83.1 Å². The fourth-order valence-corrected chi connectivity index (χ4v) is 11.5. The van der Waals surface area contributed by atoms with Crippen LogP contribution >= 0.6 is 24.4 Å². The van der Waals surface area contributed by atoms with Gasteiger partial charge in [-0.3, -0.25) is 72.1 Å². The lowest BCUT2D eigenvalue weighted by Gasteiger charge is -2.31. The summed E-state index contributed by atoms with van der Waals surface area (Å²) in [6.45, 7) is 8.33. The monoisotopic (exact) mass is 1510 g/mol. The molecule has 0 saturated carbocycles. The first-order valence-electron chi connectivity index (χ1n) is 34.3. The Balaban J connectivity index is 2.56. The molecule has 0 aromatic heterocycles. The Bertz CT molecular complexity index is 3080. The topological polar surface area (TPSA) is 606 Å². The molecular formula is C65H106N16O21S2. The van der Waals surface area contributed by atoms with E-state index in [9.17, 15) is 97.5 Å². The molecule has 2 rings (SSSR count). The number of hydrogen-bond acceptors (Lipinski definition) is 23. The molecule has 1 heterocycles. The summed E-state index contributed by atoms with van der Waals surface area (Å²) in [5.74, 6) is -17.6. The van der Waals surface area contributed by atoms with Crippen molar-refractivity contribution >= 4 is 119 Å². The van der Waals surface area contributed by atoms with Crippen LogP contribution in [0.1, 0.15) is 131 Å². The molecule has 11 amide bonds. The molecule has 0 spiro atoms. The number of carbonyl (C=O) groups excluding carboxylic acids is 12. The number of nitrogens with one attached hydrogen (secondary N) is 10. The molecule has 13 atom stereocenters. The van der Waals surface area contributed by atoms with Gasteiger partial charge in [0.25, 0.3) is 0 Å². The largest absolute Gasteiger partial charge is 0.481 e. The molecule has 1 aliphatic rings. The maximum atomic E-state index is 14.9. The van der Waals surface area contributed by atoms with Crippen molar-refractivity contribution in [2.45, 2.75) is 210 Å². The molecule has 37 nitrogen and oxygen atoms in total. The van der Waals surface area contributed by atoms with Gasteiger partial charge in [-0.25, -0.2) is 4.79 Å². The Morgan fingerprint density at radius 2 is 1.16 bits per heavy atom. The Labute approximate surface area is 612 Å². The van der Waals surface area contributed by atoms with E-state index in [4.69, 9.17) is 27.7 Å². The lowest BCUT2D eigenvalue weighted by molar-refractivity contribution is -0.145. The fraction of sp³-hybridized carbons (Fsp3) is 0.662. The number of aliphatic imine (C=N–C) groups is 1. The number of benzene rings is 1. The molecule has 0 bridgehead atoms. The maximum Gasteiger partial charge on any atom is 0.328 e. The first-order valence-corrected chi connectivity index (χ1v) is 36.1. The maximum absolute atomic E-state index is 14.9. The van der Waals surface area contributed by atoms with Gasteiger partial charge in [0.1, 0.15) is 67.0 Å². The number of carboxylic acids is 3. The van der Waals surface area contributed by atoms with Gasteiger partial charge in [0.2, 0.25) is 65.0 Å². The van der Waals surface area contributed by atoms with E-state index in [2.05, 4.69) is 70.8 Å². The van der Waals surface area contributed by atoms with Crippen molar-refractivity contribution in [1.82, 2.24) is 58.1 Å². The molecule has 1 saturated heterocycles. The molecule has 39 heteroatoms. The Kier molecular flexibility index (Phi) is 42.2. The highest BCUT2D eigenvalue weighted by atomic mass is 32.2. The van der Waals surface area contributed by atoms with Crippen molar-refractivity contribution in [3.63, 3.8) is 0 Å². The molecule has 0 radical (unpaired) electrons. The van der Waals surface area contributed by atoms with Crippen LogP contribution in [0.25, 0.3) is 0 Å². The molecule has 1 fully saturated rings. The normalized spacial score (nSPS) is 16.1. The number of aliphatic carboxylic acids is 3. The number of carboxylic acid groups (broad SMARTS) is 3. The van der Waals surface area contributed by atoms with Crippen molar-refractivity contribution in [1.29, 1.82) is 0 Å². The van der Waals surface area contributed by atoms with E-state index in [1.54, 1.807) is 65.0 Å². The lowest BCUT2D eigenvalue weighted by atomic mass is 10.0. The average Bonchev–Trinajstić information content (AvgIpc) is 1.73. The zero-order valence-corrected chi connectivity index (χ0v) is 61.1. The number of hydrogen-bond donors (Lipinski definition) is 20. The minimum atomic E-state index is -1.83. The number of guanidine groups is 1. The van der Waals surface area contributed by atoms with E-state index in [0.29, 0.717) is 18.4 Å². The molecule has 1 aromatic carbocycles. The number of esters is 1. The number of nitrogens with two attached hydrogens (primary N) is 4. The number of unbranched alkanes of at least 4 members (excludes halogenated alkanes) is 1. The number of aliphatic hydroxyl groups excluding tert-OH is 2. The quantitative estimate of drug-likeness (QED) is 0.00956. The van der Waals surface area contributed by atoms with Crippen LogP contribution in [0.2, 0.25) is 0 Å². The number of likely N-dealkylation sites (tertiary alicyclic amines) is 1. The van der Waals surface area contributed by atoms with Gasteiger partial charge in [0.05, 0.1) is 25.2 Å². The number of nitrogens with zero attached hydrogens (tertiary/aromatic N) is 2. The Morgan fingerprint density at radius 1 is 0.635 bits per heavy atom. The molecule has 584 valence electrons. The average molecular weight is 1510 g/mol. The zero-order chi connectivity index (χ0) is 78.3. The van der Waals surface area contributed by atoms with Gasteiger partial charge in [0.15, 0.2) is 12.0 Å². The second-order valence-electron chi connectivity index (χ2n) is 25.6. The summed E-state index contributed by atoms with van der Waals surface area (Å²) in [6, 6.07) is -10.4. The van der Waals surface area contributed by atoms with E-state index >= 15 is 0 Å². The summed E-state index contributed by atoms with van der Waals surface area (Å²) in [5, 5.41) is 74.1. The third-order valence-electron chi connectivity index (χ3n) is 16.1. The van der Waals surface area contributed by atoms with Crippen molar-refractivity contribution in [3.05, 3.63) is 35.9 Å². The van der Waals surface area contributed by atoms with Gasteiger partial charge in [-0.2, -0.15) is 24.4 Å². The van der Waals surface area contributed by atoms with E-state index in [-0.39, 0.29) is 107 Å². The summed E-state index contributed by atoms with van der Waals surface area (Å²) in [5.41, 5.74) is 23.2. The highest BCUT2D eigenvalue weighted by molar-refractivity contribution is 7.99. The van der Waals surface area contributed by atoms with Gasteiger partial charge in [0, 0.05) is 49.6 Å². The van der Waals surface area contributed by atoms with Gasteiger partial charge >= 0.3 is 23.9 Å². The van der Waals surface area contributed by atoms with E-state index in [1.807, 2.05) is 0 Å². The number of carbonyl (C=O) groups is 15. The number of thiol groups is 1. The number of amides is 11. The van der Waals surface area contributed by atoms with Gasteiger partial charge < -0.3 is 111 Å². The van der Waals surface area contributed by atoms with Crippen LogP contribution in [0.5, 0.6) is 0 Å². The second kappa shape index (κ2) is 48.2. The van der Waals surface area contributed by atoms with Crippen molar-refractivity contribution in [2.24, 2.45) is 39.8 Å². The highest BCUT2D eigenvalue weighted by Gasteiger charge is 2.42. The van der Waals surface area contributed by atoms with Crippen LogP contribution in [0.3, 0.4) is 0 Å². The Hall–Kier alpha value is -8.92. The smallest absolute Gasteiger partial charge is 0.328 e. The van der Waals surface area contributed by atoms with E-state index in [1.165, 1.54) is 0 Å². The highest BCUT2D eigenvalue weighted by Crippen LogP contribution is 2.22. The second-order valence-corrected chi connectivity index (χ2v) is 27.1. The summed E-state index contributed by atoms with van der Waals surface area (Å²) in [7, 11) is 0. The summed E-state index contributed by atoms with van der Waals surface area (Å²) < 4.78 is 5.24. The fourth-order valence-electron chi connectivity index (χ4n) is 10.4. The number of aliphatic hydroxyl groups is 2. The molecule has 23 N–H and O–H groups in total. The molecule has 104 heavy (non-hydrogen) atoms. The number of ether oxygens (including phenoxy) is 1. The Morgan fingerprint density at radius 3 is 1.73 bits per heavy atom. The van der Waals surface area contributed by atoms with Crippen LogP contribution in [0.15, 0.2) is 35.3 Å². The molecule has 1 aliphatic heterocycles. The molecule has 0 unspecified atom stereocenters. The third-order valence-corrected chi connectivity index (χ3v) is 17.5. The number of rotatable bonds is 50. The summed E-state index contributed by atoms with van der Waals surface area (Å²) in [4.78, 5) is 208. The van der Waals surface area contributed by atoms with Gasteiger partial charge in [-0.1, -0.05) is 65.0 Å². The van der Waals surface area contributed by atoms with Crippen LogP contribution in [-0.4, -0.2) is 254 Å². The molecule has 0 aliphatic carbocycles. The number of thioether (sulfide) groups is 1. The first-order chi connectivity index (χ1) is 49.1. The van der Waals surface area contributed by atoms with Crippen molar-refractivity contribution in [2.75, 3.05) is 50.1 Å². The SMILES string of the molecule is CCCC(=O)OCCSC[C@H](NC(=O)[C@@H]1CCCN1C(=O)[C@H](CCCN=C(N)N)NC(=O)[C@H](CO)NC(=O)[C@H](CC(C)C)NC(=O)[C@H](Cc1ccccc1)NC(=O)[C@H](CS)NC(=O)[C@H](CC(=O)O)NC(=O)[C@@H](N)C(C)C)C(=O)N[C@@H](CCC(=O)O)C(=O)N[C@@H](CCCCN)C(=O)N[C@H](C(=O)O)[C@@H](C)O. The zero-order valence-electron chi connectivity index (χ0n) is 59.4. The lowest BCUT2D eigenvalue weighted by Crippen LogP contribution is -2.61. The van der Waals surface area contributed by atoms with Crippen molar-refractivity contribution < 1.29 is 102 Å². The minimum absolute atomic E-state index is 0.0127. The molecular weight excluding hydrogens is 1400 g/mol. The van der Waals surface area contributed by atoms with Crippen molar-refractivity contribution in [3.8, 4) is 0 Å². The van der Waals surface area contributed by atoms with E-state index < -0.39 is 205 Å². The van der Waals surface area contributed by atoms with Crippen LogP contribution < -0.4 is 76.1 Å². The van der Waals surface area contributed by atoms with Gasteiger partial charge in [-0.15, -0.1) is 0 Å². The first kappa shape index (κ1) is 91.2. The predicted octanol–water partition coefficient (Wildman–Crippen LogP) is -4.92. The van der Waals surface area contributed by atoms with Crippen LogP contribution in [0.4, 0.5) is 0 Å². The summed E-state index contributed by atoms with van der Waals surface area (Å²) >= 11 is 5.23. The van der Waals surface area contributed by atoms with Gasteiger partial charge in [-0.05, 0) is 95.1 Å². The predicted molar refractivity (Wildman–Crippen MR) is 382 cm³/mol.